The molecule has 0 saturated heterocycles. The molecule has 0 aromatic rings. The molecule has 0 spiro atoms. The Balaban J connectivity index is 2.04. The molecule has 0 aliphatic heterocycles. The van der Waals surface area contributed by atoms with Crippen molar-refractivity contribution in [1.82, 2.24) is 0 Å². The van der Waals surface area contributed by atoms with Crippen molar-refractivity contribution in [2.45, 2.75) is 52.6 Å². The number of ether oxygens (including phenoxy) is 2. The molecule has 3 rings (SSSR count). The minimum atomic E-state index is -0.0703. The summed E-state index contributed by atoms with van der Waals surface area (Å²) < 4.78 is 11.1. The number of hydrogen-bond acceptors (Lipinski definition) is 3. The molecule has 0 unspecified atom stereocenters. The van der Waals surface area contributed by atoms with Crippen molar-refractivity contribution in [3.05, 3.63) is 23.8 Å². The van der Waals surface area contributed by atoms with Crippen LogP contribution in [0, 0.1) is 22.7 Å². The molecule has 0 bridgehead atoms. The molecule has 3 heteroatoms. The lowest BCUT2D eigenvalue weighted by Gasteiger charge is -2.54. The summed E-state index contributed by atoms with van der Waals surface area (Å²) in [6.45, 7) is 7.11. The van der Waals surface area contributed by atoms with E-state index >= 15 is 0 Å². The Morgan fingerprint density at radius 1 is 1.27 bits per heavy atom. The summed E-state index contributed by atoms with van der Waals surface area (Å²) in [6.07, 6.45) is 10.8. The minimum Gasteiger partial charge on any atom is -0.359 e. The largest absolute Gasteiger partial charge is 0.359 e. The number of ketones is 1. The van der Waals surface area contributed by atoms with Crippen LogP contribution in [0.1, 0.15) is 46.5 Å². The van der Waals surface area contributed by atoms with E-state index in [2.05, 4.69) is 32.9 Å². The molecule has 0 N–H and O–H groups in total. The highest BCUT2D eigenvalue weighted by atomic mass is 16.7. The van der Waals surface area contributed by atoms with Crippen molar-refractivity contribution in [2.24, 2.45) is 22.7 Å². The Kier molecular flexibility index (Phi) is 4.07. The Morgan fingerprint density at radius 3 is 2.77 bits per heavy atom. The van der Waals surface area contributed by atoms with E-state index in [4.69, 9.17) is 9.47 Å². The average Bonchev–Trinajstić information content (AvgIpc) is 2.47. The van der Waals surface area contributed by atoms with Gasteiger partial charge in [0.15, 0.2) is 5.78 Å². The lowest BCUT2D eigenvalue weighted by Crippen LogP contribution is -2.53. The molecule has 0 radical (unpaired) electrons. The third-order valence-electron chi connectivity index (χ3n) is 5.98. The van der Waals surface area contributed by atoms with Crippen LogP contribution in [0.25, 0.3) is 0 Å². The van der Waals surface area contributed by atoms with Gasteiger partial charge in [0, 0.05) is 24.4 Å². The van der Waals surface area contributed by atoms with Crippen LogP contribution in [0.5, 0.6) is 0 Å². The fourth-order valence-electron chi connectivity index (χ4n) is 5.04. The van der Waals surface area contributed by atoms with E-state index in [0.29, 0.717) is 12.6 Å². The molecule has 0 aromatic heterocycles. The number of fused-ring (bicyclic) bond motifs is 3. The van der Waals surface area contributed by atoms with Crippen LogP contribution >= 0.6 is 0 Å². The molecule has 22 heavy (non-hydrogen) atoms. The van der Waals surface area contributed by atoms with Gasteiger partial charge in [0.25, 0.3) is 0 Å². The summed E-state index contributed by atoms with van der Waals surface area (Å²) in [5.41, 5.74) is 1.27. The maximum atomic E-state index is 12.7. The molecule has 3 nitrogen and oxygen atoms in total. The normalized spacial score (nSPS) is 39.9. The molecule has 3 aliphatic rings. The van der Waals surface area contributed by atoms with E-state index in [1.165, 1.54) is 5.57 Å². The quantitative estimate of drug-likeness (QED) is 0.586. The van der Waals surface area contributed by atoms with Crippen LogP contribution in [0.2, 0.25) is 0 Å². The second kappa shape index (κ2) is 5.61. The standard InChI is InChI=1S/C19H28O3/c1-18(2)9-6-10-19(3)16(18)11-14(20)13-7-5-8-15(17(13)19)22-12-21-4/h6,10-11,13,15,17H,5,7-9,12H2,1-4H3/t13-,15-,17-,19-/m0/s1. The van der Waals surface area contributed by atoms with Gasteiger partial charge in [-0.05, 0) is 30.8 Å². The smallest absolute Gasteiger partial charge is 0.159 e. The van der Waals surface area contributed by atoms with Crippen LogP contribution in [-0.2, 0) is 14.3 Å². The summed E-state index contributed by atoms with van der Waals surface area (Å²) in [5.74, 6) is 0.647. The predicted octanol–water partition coefficient (Wildman–Crippen LogP) is 3.89. The molecule has 1 fully saturated rings. The van der Waals surface area contributed by atoms with Gasteiger partial charge in [-0.2, -0.15) is 0 Å². The van der Waals surface area contributed by atoms with Crippen molar-refractivity contribution in [1.29, 1.82) is 0 Å². The first kappa shape index (κ1) is 15.9. The highest BCUT2D eigenvalue weighted by molar-refractivity contribution is 5.94. The van der Waals surface area contributed by atoms with Gasteiger partial charge in [0.2, 0.25) is 0 Å². The van der Waals surface area contributed by atoms with Crippen LogP contribution in [0.3, 0.4) is 0 Å². The van der Waals surface area contributed by atoms with Gasteiger partial charge < -0.3 is 9.47 Å². The van der Waals surface area contributed by atoms with Crippen molar-refractivity contribution < 1.29 is 14.3 Å². The first-order valence-corrected chi connectivity index (χ1v) is 8.45. The van der Waals surface area contributed by atoms with E-state index in [1.54, 1.807) is 7.11 Å². The Hall–Kier alpha value is -0.930. The number of rotatable bonds is 3. The second-order valence-corrected chi connectivity index (χ2v) is 7.91. The third kappa shape index (κ3) is 2.39. The molecule has 0 heterocycles. The van der Waals surface area contributed by atoms with Crippen molar-refractivity contribution >= 4 is 5.78 Å². The van der Waals surface area contributed by atoms with E-state index in [1.807, 2.05) is 6.08 Å². The molecular weight excluding hydrogens is 276 g/mol. The van der Waals surface area contributed by atoms with Crippen LogP contribution in [-0.4, -0.2) is 25.8 Å². The van der Waals surface area contributed by atoms with E-state index in [9.17, 15) is 4.79 Å². The van der Waals surface area contributed by atoms with Gasteiger partial charge in [-0.15, -0.1) is 0 Å². The highest BCUT2D eigenvalue weighted by Crippen LogP contribution is 2.58. The van der Waals surface area contributed by atoms with Crippen molar-refractivity contribution in [2.75, 3.05) is 13.9 Å². The summed E-state index contributed by atoms with van der Waals surface area (Å²) in [5, 5.41) is 0. The fourth-order valence-corrected chi connectivity index (χ4v) is 5.04. The predicted molar refractivity (Wildman–Crippen MR) is 86.3 cm³/mol. The molecule has 4 atom stereocenters. The second-order valence-electron chi connectivity index (χ2n) is 7.91. The van der Waals surface area contributed by atoms with Gasteiger partial charge in [0.05, 0.1) is 6.10 Å². The number of hydrogen-bond donors (Lipinski definition) is 0. The zero-order valence-corrected chi connectivity index (χ0v) is 14.2. The van der Waals surface area contributed by atoms with E-state index in [0.717, 1.165) is 25.7 Å². The van der Waals surface area contributed by atoms with Gasteiger partial charge in [-0.25, -0.2) is 0 Å². The number of carbonyl (C=O) groups excluding carboxylic acids is 1. The first-order valence-electron chi connectivity index (χ1n) is 8.45. The average molecular weight is 304 g/mol. The summed E-state index contributed by atoms with van der Waals surface area (Å²) in [4.78, 5) is 12.7. The monoisotopic (exact) mass is 304 g/mol. The molecule has 1 saturated carbocycles. The highest BCUT2D eigenvalue weighted by Gasteiger charge is 2.55. The van der Waals surface area contributed by atoms with E-state index < -0.39 is 0 Å². The maximum Gasteiger partial charge on any atom is 0.159 e. The van der Waals surface area contributed by atoms with Crippen LogP contribution in [0.15, 0.2) is 23.8 Å². The minimum absolute atomic E-state index is 0.0490. The number of allylic oxidation sites excluding steroid dienone is 4. The third-order valence-corrected chi connectivity index (χ3v) is 5.98. The molecule has 0 aromatic carbocycles. The fraction of sp³-hybridized carbons (Fsp3) is 0.737. The Labute approximate surface area is 133 Å². The number of methoxy groups -OCH3 is 1. The Morgan fingerprint density at radius 2 is 2.05 bits per heavy atom. The molecular formula is C19H28O3. The molecule has 0 amide bonds. The summed E-state index contributed by atoms with van der Waals surface area (Å²) in [6, 6.07) is 0. The van der Waals surface area contributed by atoms with Crippen molar-refractivity contribution in [3.63, 3.8) is 0 Å². The van der Waals surface area contributed by atoms with Gasteiger partial charge in [-0.3, -0.25) is 4.79 Å². The van der Waals surface area contributed by atoms with Gasteiger partial charge in [0.1, 0.15) is 6.79 Å². The van der Waals surface area contributed by atoms with Crippen molar-refractivity contribution in [3.8, 4) is 0 Å². The molecule has 3 aliphatic carbocycles. The van der Waals surface area contributed by atoms with Gasteiger partial charge >= 0.3 is 0 Å². The van der Waals surface area contributed by atoms with Crippen LogP contribution < -0.4 is 0 Å². The topological polar surface area (TPSA) is 35.5 Å². The van der Waals surface area contributed by atoms with Crippen LogP contribution in [0.4, 0.5) is 0 Å². The zero-order chi connectivity index (χ0) is 16.0. The number of carbonyl (C=O) groups is 1. The maximum absolute atomic E-state index is 12.7. The molecule has 122 valence electrons. The lowest BCUT2D eigenvalue weighted by molar-refractivity contribution is -0.147. The SMILES string of the molecule is COCO[C@H]1CCC[C@H]2C(=O)C=C3C(C)(C)CC=C[C@]3(C)[C@H]12. The van der Waals surface area contributed by atoms with E-state index in [-0.39, 0.29) is 28.8 Å². The van der Waals surface area contributed by atoms with Gasteiger partial charge in [-0.1, -0.05) is 44.9 Å². The Bertz CT molecular complexity index is 517. The lowest BCUT2D eigenvalue weighted by atomic mass is 9.50. The summed E-state index contributed by atoms with van der Waals surface area (Å²) in [7, 11) is 1.66. The summed E-state index contributed by atoms with van der Waals surface area (Å²) >= 11 is 0. The first-order chi connectivity index (χ1) is 10.4. The zero-order valence-electron chi connectivity index (χ0n) is 14.2.